The van der Waals surface area contributed by atoms with E-state index in [0.29, 0.717) is 13.0 Å². The molecule has 0 radical (unpaired) electrons. The van der Waals surface area contributed by atoms with E-state index in [-0.39, 0.29) is 6.61 Å². The van der Waals surface area contributed by atoms with Gasteiger partial charge in [-0.2, -0.15) is 8.42 Å². The summed E-state index contributed by atoms with van der Waals surface area (Å²) in [4.78, 5) is 0. The molecule has 0 amide bonds. The van der Waals surface area contributed by atoms with Crippen LogP contribution in [0, 0.1) is 0 Å². The molecule has 0 aliphatic heterocycles. The third-order valence-electron chi connectivity index (χ3n) is 1.94. The second kappa shape index (κ2) is 5.86. The fourth-order valence-electron chi connectivity index (χ4n) is 1.31. The highest BCUT2D eigenvalue weighted by Crippen LogP contribution is 2.18. The Kier molecular flexibility index (Phi) is 4.76. The maximum Gasteiger partial charge on any atom is 0.264 e. The molecule has 0 saturated heterocycles. The van der Waals surface area contributed by atoms with E-state index in [1.807, 2.05) is 31.2 Å². The quantitative estimate of drug-likeness (QED) is 0.713. The zero-order chi connectivity index (χ0) is 12.0. The third-order valence-corrected chi connectivity index (χ3v) is 2.54. The molecule has 0 aromatic heterocycles. The average Bonchev–Trinajstić information content (AvgIpc) is 2.19. The molecule has 1 aromatic carbocycles. The molecule has 0 spiro atoms. The van der Waals surface area contributed by atoms with Gasteiger partial charge in [-0.05, 0) is 18.6 Å². The molecular weight excluding hydrogens is 228 g/mol. The Morgan fingerprint density at radius 2 is 1.94 bits per heavy atom. The Morgan fingerprint density at radius 3 is 2.56 bits per heavy atom. The Morgan fingerprint density at radius 1 is 1.25 bits per heavy atom. The maximum atomic E-state index is 10.8. The summed E-state index contributed by atoms with van der Waals surface area (Å²) in [6.07, 6.45) is 1.56. The Labute approximate surface area is 96.3 Å². The first kappa shape index (κ1) is 13.0. The van der Waals surface area contributed by atoms with Crippen LogP contribution in [0.2, 0.25) is 0 Å². The lowest BCUT2D eigenvalue weighted by atomic mass is 10.1. The van der Waals surface area contributed by atoms with E-state index < -0.39 is 10.1 Å². The largest absolute Gasteiger partial charge is 0.494 e. The van der Waals surface area contributed by atoms with Crippen molar-refractivity contribution in [2.75, 3.05) is 19.5 Å². The van der Waals surface area contributed by atoms with Gasteiger partial charge in [-0.3, -0.25) is 4.18 Å². The molecule has 0 saturated carbocycles. The van der Waals surface area contributed by atoms with Gasteiger partial charge in [0, 0.05) is 6.42 Å². The van der Waals surface area contributed by atoms with Crippen LogP contribution in [-0.2, 0) is 20.7 Å². The summed E-state index contributed by atoms with van der Waals surface area (Å²) < 4.78 is 31.7. The summed E-state index contributed by atoms with van der Waals surface area (Å²) in [5, 5.41) is 0. The minimum absolute atomic E-state index is 0.142. The van der Waals surface area contributed by atoms with Crippen molar-refractivity contribution in [1.82, 2.24) is 0 Å². The molecule has 0 aliphatic rings. The fraction of sp³-hybridized carbons (Fsp3) is 0.455. The Bertz CT molecular complexity index is 425. The van der Waals surface area contributed by atoms with E-state index in [4.69, 9.17) is 4.74 Å². The van der Waals surface area contributed by atoms with E-state index >= 15 is 0 Å². The topological polar surface area (TPSA) is 52.6 Å². The van der Waals surface area contributed by atoms with Gasteiger partial charge in [-0.1, -0.05) is 18.2 Å². The predicted octanol–water partition coefficient (Wildman–Crippen LogP) is 1.60. The molecule has 1 rings (SSSR count). The minimum Gasteiger partial charge on any atom is -0.494 e. The first-order chi connectivity index (χ1) is 7.53. The van der Waals surface area contributed by atoms with Gasteiger partial charge in [-0.15, -0.1) is 0 Å². The second-order valence-electron chi connectivity index (χ2n) is 3.32. The molecule has 16 heavy (non-hydrogen) atoms. The molecule has 4 nitrogen and oxygen atoms in total. The van der Waals surface area contributed by atoms with Crippen LogP contribution in [-0.4, -0.2) is 27.9 Å². The van der Waals surface area contributed by atoms with Crippen molar-refractivity contribution in [1.29, 1.82) is 0 Å². The number of para-hydroxylation sites is 1. The standard InChI is InChI=1S/C11H16O4S/c1-3-14-11-7-5-4-6-10(11)8-9-15-16(2,12)13/h4-7H,3,8-9H2,1-2H3. The number of hydrogen-bond acceptors (Lipinski definition) is 4. The summed E-state index contributed by atoms with van der Waals surface area (Å²) in [5.41, 5.74) is 0.952. The van der Waals surface area contributed by atoms with Crippen molar-refractivity contribution in [3.05, 3.63) is 29.8 Å². The van der Waals surface area contributed by atoms with Crippen molar-refractivity contribution in [2.24, 2.45) is 0 Å². The van der Waals surface area contributed by atoms with Crippen LogP contribution in [0.1, 0.15) is 12.5 Å². The predicted molar refractivity (Wildman–Crippen MR) is 62.1 cm³/mol. The van der Waals surface area contributed by atoms with Crippen molar-refractivity contribution in [3.63, 3.8) is 0 Å². The van der Waals surface area contributed by atoms with Gasteiger partial charge in [0.1, 0.15) is 5.75 Å². The highest BCUT2D eigenvalue weighted by Gasteiger charge is 2.05. The van der Waals surface area contributed by atoms with Gasteiger partial charge in [-0.25, -0.2) is 0 Å². The Balaban J connectivity index is 2.59. The highest BCUT2D eigenvalue weighted by atomic mass is 32.2. The second-order valence-corrected chi connectivity index (χ2v) is 4.96. The van der Waals surface area contributed by atoms with Crippen LogP contribution in [0.5, 0.6) is 5.75 Å². The molecule has 0 heterocycles. The summed E-state index contributed by atoms with van der Waals surface area (Å²) in [7, 11) is -3.36. The maximum absolute atomic E-state index is 10.8. The van der Waals surface area contributed by atoms with Crippen LogP contribution >= 0.6 is 0 Å². The molecule has 1 aromatic rings. The van der Waals surface area contributed by atoms with Crippen molar-refractivity contribution >= 4 is 10.1 Å². The highest BCUT2D eigenvalue weighted by molar-refractivity contribution is 7.85. The molecule has 0 bridgehead atoms. The molecule has 0 N–H and O–H groups in total. The van der Waals surface area contributed by atoms with E-state index in [1.165, 1.54) is 0 Å². The summed E-state index contributed by atoms with van der Waals surface area (Å²) in [6, 6.07) is 7.53. The van der Waals surface area contributed by atoms with Gasteiger partial charge in [0.25, 0.3) is 10.1 Å². The van der Waals surface area contributed by atoms with Gasteiger partial charge in [0.15, 0.2) is 0 Å². The number of benzene rings is 1. The minimum atomic E-state index is -3.36. The molecule has 90 valence electrons. The molecule has 5 heteroatoms. The number of ether oxygens (including phenoxy) is 1. The van der Waals surface area contributed by atoms with E-state index in [9.17, 15) is 8.42 Å². The first-order valence-corrected chi connectivity index (χ1v) is 6.89. The zero-order valence-corrected chi connectivity index (χ0v) is 10.3. The lowest BCUT2D eigenvalue weighted by Crippen LogP contribution is -2.07. The van der Waals surface area contributed by atoms with E-state index in [1.54, 1.807) is 0 Å². The van der Waals surface area contributed by atoms with Gasteiger partial charge < -0.3 is 4.74 Å². The van der Waals surface area contributed by atoms with Crippen molar-refractivity contribution < 1.29 is 17.3 Å². The molecule has 0 atom stereocenters. The van der Waals surface area contributed by atoms with Crippen LogP contribution < -0.4 is 4.74 Å². The zero-order valence-electron chi connectivity index (χ0n) is 9.47. The van der Waals surface area contributed by atoms with Gasteiger partial charge in [0.2, 0.25) is 0 Å². The number of rotatable bonds is 6. The number of hydrogen-bond donors (Lipinski definition) is 0. The van der Waals surface area contributed by atoms with Crippen LogP contribution in [0.4, 0.5) is 0 Å². The van der Waals surface area contributed by atoms with E-state index in [2.05, 4.69) is 4.18 Å². The SMILES string of the molecule is CCOc1ccccc1CCOS(C)(=O)=O. The Hall–Kier alpha value is -1.07. The van der Waals surface area contributed by atoms with Crippen LogP contribution in [0.25, 0.3) is 0 Å². The molecule has 0 fully saturated rings. The van der Waals surface area contributed by atoms with Gasteiger partial charge in [0.05, 0.1) is 19.5 Å². The van der Waals surface area contributed by atoms with Crippen LogP contribution in [0.3, 0.4) is 0 Å². The van der Waals surface area contributed by atoms with Crippen molar-refractivity contribution in [2.45, 2.75) is 13.3 Å². The lowest BCUT2D eigenvalue weighted by molar-refractivity contribution is 0.313. The third kappa shape index (κ3) is 4.63. The van der Waals surface area contributed by atoms with Crippen molar-refractivity contribution in [3.8, 4) is 5.75 Å². The fourth-order valence-corrected chi connectivity index (χ4v) is 1.70. The first-order valence-electron chi connectivity index (χ1n) is 5.08. The molecular formula is C11H16O4S. The molecule has 0 aliphatic carbocycles. The normalized spacial score (nSPS) is 11.4. The average molecular weight is 244 g/mol. The summed E-state index contributed by atoms with van der Waals surface area (Å²) in [6.45, 7) is 2.64. The monoisotopic (exact) mass is 244 g/mol. The van der Waals surface area contributed by atoms with Crippen LogP contribution in [0.15, 0.2) is 24.3 Å². The summed E-state index contributed by atoms with van der Waals surface area (Å²) in [5.74, 6) is 0.780. The van der Waals surface area contributed by atoms with Gasteiger partial charge >= 0.3 is 0 Å². The lowest BCUT2D eigenvalue weighted by Gasteiger charge is -2.09. The summed E-state index contributed by atoms with van der Waals surface area (Å²) >= 11 is 0. The smallest absolute Gasteiger partial charge is 0.264 e. The van der Waals surface area contributed by atoms with E-state index in [0.717, 1.165) is 17.6 Å². The molecule has 0 unspecified atom stereocenters.